The quantitative estimate of drug-likeness (QED) is 0.863. The van der Waals surface area contributed by atoms with Crippen LogP contribution in [0.4, 0.5) is 0 Å². The van der Waals surface area contributed by atoms with Crippen LogP contribution in [0, 0.1) is 0 Å². The molecule has 1 heterocycles. The van der Waals surface area contributed by atoms with E-state index in [0.717, 1.165) is 19.3 Å². The number of fused-ring (bicyclic) bond motifs is 1. The molecule has 0 aliphatic heterocycles. The van der Waals surface area contributed by atoms with Crippen LogP contribution in [-0.4, -0.2) is 21.7 Å². The molecule has 0 saturated heterocycles. The SMILES string of the molecule is CC[C@@H](C)NC(=O)Cn1ncc2c1CCCC2. The highest BCUT2D eigenvalue weighted by Gasteiger charge is 2.16. The fourth-order valence-electron chi connectivity index (χ4n) is 2.25. The average Bonchev–Trinajstić information content (AvgIpc) is 2.72. The third kappa shape index (κ3) is 2.87. The molecule has 1 aromatic heterocycles. The van der Waals surface area contributed by atoms with E-state index >= 15 is 0 Å². The van der Waals surface area contributed by atoms with E-state index in [1.54, 1.807) is 0 Å². The first kappa shape index (κ1) is 12.1. The van der Waals surface area contributed by atoms with E-state index in [2.05, 4.69) is 17.3 Å². The molecule has 0 bridgehead atoms. The van der Waals surface area contributed by atoms with E-state index in [9.17, 15) is 4.79 Å². The molecular formula is C13H21N3O. The largest absolute Gasteiger partial charge is 0.352 e. The van der Waals surface area contributed by atoms with Gasteiger partial charge < -0.3 is 5.32 Å². The third-order valence-corrected chi connectivity index (χ3v) is 3.46. The molecule has 4 nitrogen and oxygen atoms in total. The Kier molecular flexibility index (Phi) is 3.82. The molecule has 1 N–H and O–H groups in total. The Labute approximate surface area is 102 Å². The third-order valence-electron chi connectivity index (χ3n) is 3.46. The van der Waals surface area contributed by atoms with Crippen LogP contribution in [0.3, 0.4) is 0 Å². The molecule has 0 saturated carbocycles. The highest BCUT2D eigenvalue weighted by atomic mass is 16.2. The molecular weight excluding hydrogens is 214 g/mol. The average molecular weight is 235 g/mol. The second kappa shape index (κ2) is 5.34. The summed E-state index contributed by atoms with van der Waals surface area (Å²) in [6, 6.07) is 0.244. The summed E-state index contributed by atoms with van der Waals surface area (Å²) < 4.78 is 1.87. The Morgan fingerprint density at radius 1 is 1.53 bits per heavy atom. The lowest BCUT2D eigenvalue weighted by Crippen LogP contribution is -2.35. The monoisotopic (exact) mass is 235 g/mol. The van der Waals surface area contributed by atoms with E-state index in [1.807, 2.05) is 17.8 Å². The van der Waals surface area contributed by atoms with Crippen molar-refractivity contribution in [1.82, 2.24) is 15.1 Å². The fraction of sp³-hybridized carbons (Fsp3) is 0.692. The van der Waals surface area contributed by atoms with Crippen molar-refractivity contribution in [3.05, 3.63) is 17.5 Å². The van der Waals surface area contributed by atoms with E-state index in [-0.39, 0.29) is 11.9 Å². The van der Waals surface area contributed by atoms with Crippen LogP contribution < -0.4 is 5.32 Å². The molecule has 0 radical (unpaired) electrons. The minimum Gasteiger partial charge on any atom is -0.352 e. The summed E-state index contributed by atoms with van der Waals surface area (Å²) in [5.74, 6) is 0.0656. The minimum absolute atomic E-state index is 0.0656. The summed E-state index contributed by atoms with van der Waals surface area (Å²) in [6.07, 6.45) is 7.52. The Morgan fingerprint density at radius 2 is 2.29 bits per heavy atom. The van der Waals surface area contributed by atoms with Crippen LogP contribution in [0.25, 0.3) is 0 Å². The molecule has 2 rings (SSSR count). The lowest BCUT2D eigenvalue weighted by Gasteiger charge is -2.15. The summed E-state index contributed by atoms with van der Waals surface area (Å²) in [5.41, 5.74) is 2.59. The standard InChI is InChI=1S/C13H21N3O/c1-3-10(2)15-13(17)9-16-12-7-5-4-6-11(12)8-14-16/h8,10H,3-7,9H2,1-2H3,(H,15,17)/t10-/m1/s1. The molecule has 4 heteroatoms. The number of aromatic nitrogens is 2. The first-order valence-electron chi connectivity index (χ1n) is 6.53. The fourth-order valence-corrected chi connectivity index (χ4v) is 2.25. The summed E-state index contributed by atoms with van der Waals surface area (Å²) in [5, 5.41) is 7.30. The van der Waals surface area contributed by atoms with Gasteiger partial charge in [-0.3, -0.25) is 9.48 Å². The van der Waals surface area contributed by atoms with Crippen molar-refractivity contribution >= 4 is 5.91 Å². The molecule has 0 aromatic carbocycles. The van der Waals surface area contributed by atoms with Gasteiger partial charge in [0.15, 0.2) is 0 Å². The van der Waals surface area contributed by atoms with Gasteiger partial charge in [0.25, 0.3) is 0 Å². The molecule has 1 atom stereocenters. The lowest BCUT2D eigenvalue weighted by atomic mass is 9.98. The maximum Gasteiger partial charge on any atom is 0.241 e. The second-order valence-corrected chi connectivity index (χ2v) is 4.86. The predicted molar refractivity (Wildman–Crippen MR) is 66.8 cm³/mol. The molecule has 1 amide bonds. The molecule has 1 aromatic rings. The topological polar surface area (TPSA) is 46.9 Å². The van der Waals surface area contributed by atoms with Crippen molar-refractivity contribution < 1.29 is 4.79 Å². The number of nitrogens with zero attached hydrogens (tertiary/aromatic N) is 2. The number of hydrogen-bond donors (Lipinski definition) is 1. The predicted octanol–water partition coefficient (Wildman–Crippen LogP) is 1.68. The van der Waals surface area contributed by atoms with Crippen molar-refractivity contribution in [2.45, 2.75) is 58.5 Å². The van der Waals surface area contributed by atoms with Gasteiger partial charge in [-0.1, -0.05) is 6.92 Å². The van der Waals surface area contributed by atoms with Gasteiger partial charge in [0.1, 0.15) is 6.54 Å². The molecule has 94 valence electrons. The normalized spacial score (nSPS) is 16.4. The summed E-state index contributed by atoms with van der Waals surface area (Å²) >= 11 is 0. The number of nitrogens with one attached hydrogen (secondary N) is 1. The number of rotatable bonds is 4. The first-order chi connectivity index (χ1) is 8.20. The van der Waals surface area contributed by atoms with Crippen molar-refractivity contribution in [1.29, 1.82) is 0 Å². The lowest BCUT2D eigenvalue weighted by molar-refractivity contribution is -0.122. The number of carbonyl (C=O) groups is 1. The van der Waals surface area contributed by atoms with E-state index in [0.29, 0.717) is 6.54 Å². The van der Waals surface area contributed by atoms with Crippen molar-refractivity contribution in [3.8, 4) is 0 Å². The summed E-state index contributed by atoms with van der Waals surface area (Å²) in [4.78, 5) is 11.8. The Hall–Kier alpha value is -1.32. The van der Waals surface area contributed by atoms with Gasteiger partial charge in [-0.05, 0) is 44.6 Å². The van der Waals surface area contributed by atoms with Gasteiger partial charge in [-0.15, -0.1) is 0 Å². The van der Waals surface area contributed by atoms with Gasteiger partial charge in [-0.25, -0.2) is 0 Å². The summed E-state index contributed by atoms with van der Waals surface area (Å²) in [6.45, 7) is 4.46. The molecule has 1 aliphatic rings. The van der Waals surface area contributed by atoms with Crippen molar-refractivity contribution in [2.24, 2.45) is 0 Å². The van der Waals surface area contributed by atoms with Gasteiger partial charge in [0.05, 0.1) is 6.20 Å². The number of hydrogen-bond acceptors (Lipinski definition) is 2. The molecule has 0 spiro atoms. The highest BCUT2D eigenvalue weighted by molar-refractivity contribution is 5.76. The smallest absolute Gasteiger partial charge is 0.241 e. The van der Waals surface area contributed by atoms with Crippen molar-refractivity contribution in [3.63, 3.8) is 0 Å². The highest BCUT2D eigenvalue weighted by Crippen LogP contribution is 2.20. The Balaban J connectivity index is 1.99. The molecule has 1 aliphatic carbocycles. The number of carbonyl (C=O) groups excluding carboxylic acids is 1. The molecule has 17 heavy (non-hydrogen) atoms. The molecule has 0 unspecified atom stereocenters. The Bertz CT molecular complexity index is 397. The summed E-state index contributed by atoms with van der Waals surface area (Å²) in [7, 11) is 0. The van der Waals surface area contributed by atoms with Crippen molar-refractivity contribution in [2.75, 3.05) is 0 Å². The van der Waals surface area contributed by atoms with Crippen LogP contribution in [0.5, 0.6) is 0 Å². The Morgan fingerprint density at radius 3 is 3.06 bits per heavy atom. The van der Waals surface area contributed by atoms with E-state index in [1.165, 1.54) is 24.1 Å². The zero-order valence-corrected chi connectivity index (χ0v) is 10.7. The van der Waals surface area contributed by atoms with Crippen LogP contribution in [0.1, 0.15) is 44.4 Å². The molecule has 0 fully saturated rings. The van der Waals surface area contributed by atoms with Crippen LogP contribution >= 0.6 is 0 Å². The van der Waals surface area contributed by atoms with Gasteiger partial charge >= 0.3 is 0 Å². The van der Waals surface area contributed by atoms with Gasteiger partial charge in [0, 0.05) is 11.7 Å². The maximum atomic E-state index is 11.8. The van der Waals surface area contributed by atoms with Gasteiger partial charge in [0.2, 0.25) is 5.91 Å². The zero-order chi connectivity index (χ0) is 12.3. The minimum atomic E-state index is 0.0656. The second-order valence-electron chi connectivity index (χ2n) is 4.86. The maximum absolute atomic E-state index is 11.8. The zero-order valence-electron chi connectivity index (χ0n) is 10.7. The van der Waals surface area contributed by atoms with Gasteiger partial charge in [-0.2, -0.15) is 5.10 Å². The van der Waals surface area contributed by atoms with Crippen LogP contribution in [0.15, 0.2) is 6.20 Å². The van der Waals surface area contributed by atoms with E-state index < -0.39 is 0 Å². The van der Waals surface area contributed by atoms with E-state index in [4.69, 9.17) is 0 Å². The number of amides is 1. The number of aryl methyl sites for hydroxylation is 1. The first-order valence-corrected chi connectivity index (χ1v) is 6.53. The van der Waals surface area contributed by atoms with Crippen LogP contribution in [-0.2, 0) is 24.2 Å². The van der Waals surface area contributed by atoms with Crippen LogP contribution in [0.2, 0.25) is 0 Å².